The molecule has 0 spiro atoms. The number of nitrogens with zero attached hydrogens (tertiary/aromatic N) is 1. The number of hydrogen-bond acceptors (Lipinski definition) is 2. The van der Waals surface area contributed by atoms with E-state index in [1.165, 1.54) is 24.3 Å². The normalized spacial score (nSPS) is 11.4. The maximum absolute atomic E-state index is 12.8. The largest absolute Gasteiger partial charge is 0.357 e. The Morgan fingerprint density at radius 3 is 2.35 bits per heavy atom. The van der Waals surface area contributed by atoms with Gasteiger partial charge in [-0.25, -0.2) is 9.38 Å². The number of rotatable bonds is 8. The average Bonchev–Trinajstić information content (AvgIpc) is 2.55. The quantitative estimate of drug-likeness (QED) is 0.509. The highest BCUT2D eigenvalue weighted by Gasteiger charge is 2.06. The van der Waals surface area contributed by atoms with E-state index in [1.54, 1.807) is 0 Å². The number of carbonyl (C=O) groups excluding carboxylic acids is 1. The number of benzene rings is 1. The summed E-state index contributed by atoms with van der Waals surface area (Å²) in [6, 6.07) is 5.65. The van der Waals surface area contributed by atoms with Crippen molar-refractivity contribution in [3.05, 3.63) is 30.1 Å². The lowest BCUT2D eigenvalue weighted by molar-refractivity contribution is -0.114. The molecule has 0 unspecified atom stereocenters. The van der Waals surface area contributed by atoms with Crippen LogP contribution in [0.4, 0.5) is 10.1 Å². The number of carbonyl (C=O) groups is 1. The van der Waals surface area contributed by atoms with Crippen LogP contribution >= 0.6 is 0 Å². The molecular formula is C17H27FN4O. The van der Waals surface area contributed by atoms with E-state index in [0.717, 1.165) is 25.9 Å². The molecule has 3 N–H and O–H groups in total. The zero-order valence-electron chi connectivity index (χ0n) is 14.2. The molecule has 0 radical (unpaired) electrons. The fraction of sp³-hybridized carbons (Fsp3) is 0.529. The first-order valence-electron chi connectivity index (χ1n) is 8.16. The molecule has 1 rings (SSSR count). The van der Waals surface area contributed by atoms with Crippen LogP contribution in [0.1, 0.15) is 33.6 Å². The lowest BCUT2D eigenvalue weighted by Crippen LogP contribution is -2.40. The van der Waals surface area contributed by atoms with Gasteiger partial charge < -0.3 is 16.0 Å². The number of halogens is 1. The SMILES string of the molecule is CCNC(=NCC(=O)Nc1ccc(F)cc1)NCC(CC)CC. The Hall–Kier alpha value is -2.11. The lowest BCUT2D eigenvalue weighted by Gasteiger charge is -2.16. The summed E-state index contributed by atoms with van der Waals surface area (Å²) in [5, 5.41) is 9.07. The molecule has 0 fully saturated rings. The minimum absolute atomic E-state index is 0.00955. The Morgan fingerprint density at radius 1 is 1.13 bits per heavy atom. The molecule has 128 valence electrons. The number of hydrogen-bond donors (Lipinski definition) is 3. The summed E-state index contributed by atoms with van der Waals surface area (Å²) in [5.41, 5.74) is 0.557. The van der Waals surface area contributed by atoms with Crippen molar-refractivity contribution in [3.63, 3.8) is 0 Å². The molecule has 0 saturated heterocycles. The molecule has 5 nitrogen and oxygen atoms in total. The predicted octanol–water partition coefficient (Wildman–Crippen LogP) is 2.76. The Labute approximate surface area is 137 Å². The molecule has 0 aliphatic rings. The molecule has 6 heteroatoms. The van der Waals surface area contributed by atoms with Gasteiger partial charge in [-0.3, -0.25) is 4.79 Å². The molecule has 0 aromatic heterocycles. The number of anilines is 1. The molecule has 1 amide bonds. The van der Waals surface area contributed by atoms with E-state index >= 15 is 0 Å². The fourth-order valence-electron chi connectivity index (χ4n) is 2.04. The summed E-state index contributed by atoms with van der Waals surface area (Å²) in [6.45, 7) is 7.88. The van der Waals surface area contributed by atoms with E-state index < -0.39 is 0 Å². The van der Waals surface area contributed by atoms with Gasteiger partial charge in [0.15, 0.2) is 5.96 Å². The van der Waals surface area contributed by atoms with Gasteiger partial charge in [0.2, 0.25) is 5.91 Å². The molecule has 0 aliphatic carbocycles. The van der Waals surface area contributed by atoms with Gasteiger partial charge in [0.1, 0.15) is 12.4 Å². The molecule has 0 heterocycles. The van der Waals surface area contributed by atoms with Crippen molar-refractivity contribution in [2.45, 2.75) is 33.6 Å². The average molecular weight is 322 g/mol. The zero-order chi connectivity index (χ0) is 17.1. The number of amides is 1. The van der Waals surface area contributed by atoms with Crippen molar-refractivity contribution >= 4 is 17.6 Å². The monoisotopic (exact) mass is 322 g/mol. The van der Waals surface area contributed by atoms with Gasteiger partial charge in [0.05, 0.1) is 0 Å². The van der Waals surface area contributed by atoms with Crippen LogP contribution in [0.2, 0.25) is 0 Å². The fourth-order valence-corrected chi connectivity index (χ4v) is 2.04. The number of aliphatic imine (C=N–C) groups is 1. The minimum Gasteiger partial charge on any atom is -0.357 e. The Bertz CT molecular complexity index is 498. The first-order chi connectivity index (χ1) is 11.1. The van der Waals surface area contributed by atoms with Crippen molar-refractivity contribution in [3.8, 4) is 0 Å². The maximum atomic E-state index is 12.8. The van der Waals surface area contributed by atoms with Crippen molar-refractivity contribution < 1.29 is 9.18 Å². The van der Waals surface area contributed by atoms with Gasteiger partial charge in [-0.1, -0.05) is 26.7 Å². The van der Waals surface area contributed by atoms with Crippen LogP contribution in [-0.4, -0.2) is 31.5 Å². The Balaban J connectivity index is 2.51. The first-order valence-corrected chi connectivity index (χ1v) is 8.16. The van der Waals surface area contributed by atoms with Crippen molar-refractivity contribution in [1.29, 1.82) is 0 Å². The van der Waals surface area contributed by atoms with Crippen LogP contribution in [-0.2, 0) is 4.79 Å². The topological polar surface area (TPSA) is 65.5 Å². The Kier molecular flexibility index (Phi) is 8.72. The molecule has 1 aromatic rings. The number of guanidine groups is 1. The van der Waals surface area contributed by atoms with Crippen LogP contribution in [0.5, 0.6) is 0 Å². The predicted molar refractivity (Wildman–Crippen MR) is 93.1 cm³/mol. The van der Waals surface area contributed by atoms with E-state index in [9.17, 15) is 9.18 Å². The van der Waals surface area contributed by atoms with Crippen LogP contribution in [0, 0.1) is 11.7 Å². The molecule has 23 heavy (non-hydrogen) atoms. The second-order valence-corrected chi connectivity index (χ2v) is 5.31. The standard InChI is InChI=1S/C17H27FN4O/c1-4-13(5-2)11-20-17(19-6-3)21-12-16(23)22-15-9-7-14(18)8-10-15/h7-10,13H,4-6,11-12H2,1-3H3,(H,22,23)(H2,19,20,21). The molecule has 1 aromatic carbocycles. The number of nitrogens with one attached hydrogen (secondary N) is 3. The van der Waals surface area contributed by atoms with E-state index in [4.69, 9.17) is 0 Å². The maximum Gasteiger partial charge on any atom is 0.246 e. The smallest absolute Gasteiger partial charge is 0.246 e. The van der Waals surface area contributed by atoms with Gasteiger partial charge >= 0.3 is 0 Å². The summed E-state index contributed by atoms with van der Waals surface area (Å²) >= 11 is 0. The van der Waals surface area contributed by atoms with E-state index in [2.05, 4.69) is 34.8 Å². The van der Waals surface area contributed by atoms with Gasteiger partial charge in [-0.15, -0.1) is 0 Å². The summed E-state index contributed by atoms with van der Waals surface area (Å²) in [6.07, 6.45) is 2.21. The van der Waals surface area contributed by atoms with Gasteiger partial charge in [-0.2, -0.15) is 0 Å². The summed E-state index contributed by atoms with van der Waals surface area (Å²) in [7, 11) is 0. The van der Waals surface area contributed by atoms with E-state index in [0.29, 0.717) is 17.6 Å². The Morgan fingerprint density at radius 2 is 1.78 bits per heavy atom. The molecular weight excluding hydrogens is 295 g/mol. The summed E-state index contributed by atoms with van der Waals surface area (Å²) in [4.78, 5) is 16.2. The van der Waals surface area contributed by atoms with Crippen molar-refractivity contribution in [2.24, 2.45) is 10.9 Å². The highest BCUT2D eigenvalue weighted by Crippen LogP contribution is 2.08. The van der Waals surface area contributed by atoms with Crippen LogP contribution in [0.15, 0.2) is 29.3 Å². The van der Waals surface area contributed by atoms with E-state index in [1.807, 2.05) is 6.92 Å². The van der Waals surface area contributed by atoms with E-state index in [-0.39, 0.29) is 18.3 Å². The minimum atomic E-state index is -0.332. The van der Waals surface area contributed by atoms with Gasteiger partial charge in [0.25, 0.3) is 0 Å². The molecule has 0 bridgehead atoms. The highest BCUT2D eigenvalue weighted by molar-refractivity contribution is 5.94. The summed E-state index contributed by atoms with van der Waals surface area (Å²) < 4.78 is 12.8. The van der Waals surface area contributed by atoms with Crippen molar-refractivity contribution in [1.82, 2.24) is 10.6 Å². The third-order valence-corrected chi connectivity index (χ3v) is 3.57. The van der Waals surface area contributed by atoms with Gasteiger partial charge in [0, 0.05) is 18.8 Å². The van der Waals surface area contributed by atoms with Crippen LogP contribution in [0.3, 0.4) is 0 Å². The van der Waals surface area contributed by atoms with Crippen LogP contribution < -0.4 is 16.0 Å². The molecule has 0 aliphatic heterocycles. The summed E-state index contributed by atoms with van der Waals surface area (Å²) in [5.74, 6) is 0.651. The molecule has 0 saturated carbocycles. The van der Waals surface area contributed by atoms with Crippen molar-refractivity contribution in [2.75, 3.05) is 25.0 Å². The first kappa shape index (κ1) is 18.9. The second kappa shape index (κ2) is 10.6. The highest BCUT2D eigenvalue weighted by atomic mass is 19.1. The third kappa shape index (κ3) is 7.63. The zero-order valence-corrected chi connectivity index (χ0v) is 14.2. The lowest BCUT2D eigenvalue weighted by atomic mass is 10.0. The third-order valence-electron chi connectivity index (χ3n) is 3.57. The second-order valence-electron chi connectivity index (χ2n) is 5.31. The van der Waals surface area contributed by atoms with Crippen LogP contribution in [0.25, 0.3) is 0 Å². The van der Waals surface area contributed by atoms with Gasteiger partial charge in [-0.05, 0) is 37.1 Å². The molecule has 0 atom stereocenters.